The monoisotopic (exact) mass is 240 g/mol. The number of hydrogen-bond donors (Lipinski definition) is 1. The minimum atomic E-state index is -0.891. The molecule has 0 amide bonds. The number of allylic oxidation sites excluding steroid dienone is 2. The maximum Gasteiger partial charge on any atom is 1.00 e. The van der Waals surface area contributed by atoms with E-state index in [4.69, 9.17) is 5.11 Å². The molecular weight excluding hydrogens is 223 g/mol. The van der Waals surface area contributed by atoms with Crippen molar-refractivity contribution in [2.75, 3.05) is 6.61 Å². The Labute approximate surface area is 118 Å². The molecule has 16 heavy (non-hydrogen) atoms. The Morgan fingerprint density at radius 2 is 1.62 bits per heavy atom. The fourth-order valence-corrected chi connectivity index (χ4v) is 0.469. The van der Waals surface area contributed by atoms with E-state index < -0.39 is 5.97 Å². The SMILES string of the molecule is C/C=C/C(=O)O.C/C=C/C(=O)OCC.[Na+].[OH-]. The molecule has 0 rings (SSSR count). The van der Waals surface area contributed by atoms with E-state index in [0.29, 0.717) is 6.61 Å². The zero-order valence-electron chi connectivity index (χ0n) is 10.1. The van der Waals surface area contributed by atoms with Gasteiger partial charge in [-0.2, -0.15) is 0 Å². The summed E-state index contributed by atoms with van der Waals surface area (Å²) in [6.45, 7) is 5.66. The van der Waals surface area contributed by atoms with Crippen molar-refractivity contribution in [3.63, 3.8) is 0 Å². The minimum Gasteiger partial charge on any atom is -0.870 e. The first-order chi connectivity index (χ1) is 6.58. The molecule has 0 unspecified atom stereocenters. The van der Waals surface area contributed by atoms with Crippen LogP contribution in [0.5, 0.6) is 0 Å². The van der Waals surface area contributed by atoms with Crippen molar-refractivity contribution in [1.29, 1.82) is 0 Å². The van der Waals surface area contributed by atoms with Gasteiger partial charge in [-0.25, -0.2) is 9.59 Å². The van der Waals surface area contributed by atoms with Crippen molar-refractivity contribution < 1.29 is 54.5 Å². The molecule has 0 saturated heterocycles. The third-order valence-corrected chi connectivity index (χ3v) is 0.899. The van der Waals surface area contributed by atoms with Crippen molar-refractivity contribution in [2.24, 2.45) is 0 Å². The van der Waals surface area contributed by atoms with Crippen LogP contribution in [0.1, 0.15) is 20.8 Å². The zero-order valence-corrected chi connectivity index (χ0v) is 12.1. The summed E-state index contributed by atoms with van der Waals surface area (Å²) >= 11 is 0. The average molecular weight is 240 g/mol. The number of carbonyl (C=O) groups excluding carboxylic acids is 1. The fourth-order valence-electron chi connectivity index (χ4n) is 0.469. The second-order valence-electron chi connectivity index (χ2n) is 2.09. The molecular formula is C10H17NaO5. The van der Waals surface area contributed by atoms with Crippen LogP contribution in [0.3, 0.4) is 0 Å². The van der Waals surface area contributed by atoms with Crippen LogP contribution in [-0.2, 0) is 14.3 Å². The zero-order chi connectivity index (χ0) is 11.4. The summed E-state index contributed by atoms with van der Waals surface area (Å²) in [6, 6.07) is 0. The van der Waals surface area contributed by atoms with E-state index in [1.165, 1.54) is 12.2 Å². The number of ether oxygens (including phenoxy) is 1. The molecule has 0 aromatic rings. The van der Waals surface area contributed by atoms with Gasteiger partial charge in [-0.3, -0.25) is 0 Å². The van der Waals surface area contributed by atoms with E-state index in [2.05, 4.69) is 4.74 Å². The van der Waals surface area contributed by atoms with Gasteiger partial charge in [-0.1, -0.05) is 12.2 Å². The van der Waals surface area contributed by atoms with Crippen LogP contribution in [0.15, 0.2) is 24.3 Å². The van der Waals surface area contributed by atoms with Crippen LogP contribution in [-0.4, -0.2) is 29.1 Å². The molecule has 0 heterocycles. The number of hydrogen-bond acceptors (Lipinski definition) is 4. The predicted octanol–water partition coefficient (Wildman–Crippen LogP) is -1.40. The van der Waals surface area contributed by atoms with E-state index in [9.17, 15) is 9.59 Å². The van der Waals surface area contributed by atoms with Crippen LogP contribution >= 0.6 is 0 Å². The number of rotatable bonds is 3. The largest absolute Gasteiger partial charge is 1.00 e. The molecule has 0 spiro atoms. The van der Waals surface area contributed by atoms with Gasteiger partial charge in [-0.05, 0) is 20.8 Å². The second-order valence-corrected chi connectivity index (χ2v) is 2.09. The summed E-state index contributed by atoms with van der Waals surface area (Å²) in [7, 11) is 0. The average Bonchev–Trinajstić information content (AvgIpc) is 2.05. The summed E-state index contributed by atoms with van der Waals surface area (Å²) < 4.78 is 4.56. The summed E-state index contributed by atoms with van der Waals surface area (Å²) in [5, 5.41) is 7.83. The molecule has 0 aliphatic heterocycles. The molecule has 2 N–H and O–H groups in total. The smallest absolute Gasteiger partial charge is 0.870 e. The molecule has 0 aliphatic carbocycles. The number of aliphatic carboxylic acids is 1. The minimum absolute atomic E-state index is 0. The van der Waals surface area contributed by atoms with Gasteiger partial charge in [0.2, 0.25) is 0 Å². The van der Waals surface area contributed by atoms with Gasteiger partial charge in [0.15, 0.2) is 0 Å². The Bertz CT molecular complexity index is 223. The quantitative estimate of drug-likeness (QED) is 0.372. The first kappa shape index (κ1) is 24.6. The topological polar surface area (TPSA) is 93.6 Å². The summed E-state index contributed by atoms with van der Waals surface area (Å²) in [5.74, 6) is -1.16. The number of carboxylic acid groups (broad SMARTS) is 1. The Hall–Kier alpha value is -0.620. The molecule has 5 nitrogen and oxygen atoms in total. The molecule has 88 valence electrons. The molecule has 0 fully saturated rings. The molecule has 0 radical (unpaired) electrons. The Kier molecular flexibility index (Phi) is 30.5. The van der Waals surface area contributed by atoms with Crippen molar-refractivity contribution in [1.82, 2.24) is 0 Å². The van der Waals surface area contributed by atoms with Gasteiger partial charge in [0.05, 0.1) is 6.61 Å². The third-order valence-electron chi connectivity index (χ3n) is 0.899. The first-order valence-corrected chi connectivity index (χ1v) is 4.23. The molecule has 0 saturated carbocycles. The van der Waals surface area contributed by atoms with Crippen LogP contribution in [0.25, 0.3) is 0 Å². The van der Waals surface area contributed by atoms with Crippen LogP contribution < -0.4 is 29.6 Å². The van der Waals surface area contributed by atoms with Gasteiger partial charge in [-0.15, -0.1) is 0 Å². The van der Waals surface area contributed by atoms with Gasteiger partial charge >= 0.3 is 41.5 Å². The summed E-state index contributed by atoms with van der Waals surface area (Å²) in [4.78, 5) is 19.8. The molecule has 0 bridgehead atoms. The maximum atomic E-state index is 10.3. The summed E-state index contributed by atoms with van der Waals surface area (Å²) in [6.07, 6.45) is 5.60. The van der Waals surface area contributed by atoms with Crippen LogP contribution in [0.2, 0.25) is 0 Å². The maximum absolute atomic E-state index is 10.3. The van der Waals surface area contributed by atoms with Crippen LogP contribution in [0.4, 0.5) is 0 Å². The Morgan fingerprint density at radius 1 is 1.19 bits per heavy atom. The van der Waals surface area contributed by atoms with Crippen molar-refractivity contribution in [3.8, 4) is 0 Å². The molecule has 0 aliphatic rings. The second kappa shape index (κ2) is 19.9. The van der Waals surface area contributed by atoms with Crippen molar-refractivity contribution >= 4 is 11.9 Å². The molecule has 0 aromatic heterocycles. The van der Waals surface area contributed by atoms with Crippen molar-refractivity contribution in [2.45, 2.75) is 20.8 Å². The number of carboxylic acids is 1. The van der Waals surface area contributed by atoms with Gasteiger partial charge in [0.25, 0.3) is 0 Å². The van der Waals surface area contributed by atoms with E-state index in [-0.39, 0.29) is 41.0 Å². The summed E-state index contributed by atoms with van der Waals surface area (Å²) in [5.41, 5.74) is 0. The number of esters is 1. The predicted molar refractivity (Wildman–Crippen MR) is 55.8 cm³/mol. The molecule has 0 atom stereocenters. The van der Waals surface area contributed by atoms with Gasteiger partial charge in [0, 0.05) is 12.2 Å². The fraction of sp³-hybridized carbons (Fsp3) is 0.400. The molecule has 6 heteroatoms. The van der Waals surface area contributed by atoms with E-state index in [0.717, 1.165) is 6.08 Å². The van der Waals surface area contributed by atoms with E-state index in [1.54, 1.807) is 26.8 Å². The number of carbonyl (C=O) groups is 2. The van der Waals surface area contributed by atoms with E-state index in [1.807, 2.05) is 0 Å². The Balaban J connectivity index is -0.0000000825. The molecule has 0 aromatic carbocycles. The van der Waals surface area contributed by atoms with E-state index >= 15 is 0 Å². The van der Waals surface area contributed by atoms with Gasteiger partial charge in [0.1, 0.15) is 0 Å². The standard InChI is InChI=1S/C6H10O2.C4H6O2.Na.H2O/c1-3-5-6(7)8-4-2;1-2-3-4(5)6;;/h3,5H,4H2,1-2H3;2-3H,1H3,(H,5,6);;1H2/q;;+1;/p-1/b5-3+;3-2+;;. The van der Waals surface area contributed by atoms with Gasteiger partial charge < -0.3 is 15.3 Å². The normalized spacial score (nSPS) is 8.44. The third kappa shape index (κ3) is 29.2. The first-order valence-electron chi connectivity index (χ1n) is 4.23. The van der Waals surface area contributed by atoms with Crippen molar-refractivity contribution in [3.05, 3.63) is 24.3 Å². The Morgan fingerprint density at radius 3 is 1.81 bits per heavy atom. The van der Waals surface area contributed by atoms with Crippen LogP contribution in [0, 0.1) is 0 Å².